The smallest absolute Gasteiger partial charge is 0.410 e. The molecule has 6 nitrogen and oxygen atoms in total. The van der Waals surface area contributed by atoms with Gasteiger partial charge in [0.05, 0.1) is 5.92 Å². The zero-order valence-electron chi connectivity index (χ0n) is 24.1. The molecule has 2 aliphatic heterocycles. The second kappa shape index (κ2) is 14.8. The molecule has 0 aliphatic carbocycles. The average molecular weight is 554 g/mol. The summed E-state index contributed by atoms with van der Waals surface area (Å²) in [6.45, 7) is 5.21. The molecule has 1 atom stereocenters. The number of carbonyl (C=O) groups is 2. The van der Waals surface area contributed by atoms with Crippen molar-refractivity contribution < 1.29 is 14.3 Å². The fourth-order valence-corrected chi connectivity index (χ4v) is 6.16. The van der Waals surface area contributed by atoms with Gasteiger partial charge in [-0.2, -0.15) is 0 Å². The number of para-hydroxylation sites is 1. The standard InChI is InChI=1S/C35H43N3O3/c39-34(32-16-10-22-37(27-32)35(40)41-28-31-14-6-2-7-15-31)38(33-17-8-3-9-18-33)23-11-21-36-24-19-30(20-25-36)26-29-12-4-1-5-13-29/h1-9,12-15,17-18,30,32H,10-11,16,19-28H2. The average Bonchev–Trinajstić information content (AvgIpc) is 3.04. The van der Waals surface area contributed by atoms with Crippen LogP contribution in [0.1, 0.15) is 43.2 Å². The van der Waals surface area contributed by atoms with Gasteiger partial charge in [0, 0.05) is 25.3 Å². The molecule has 2 heterocycles. The van der Waals surface area contributed by atoms with Crippen molar-refractivity contribution in [2.24, 2.45) is 11.8 Å². The first kappa shape index (κ1) is 28.9. The topological polar surface area (TPSA) is 53.1 Å². The van der Waals surface area contributed by atoms with E-state index in [-0.39, 0.29) is 24.5 Å². The van der Waals surface area contributed by atoms with Gasteiger partial charge in [-0.25, -0.2) is 4.79 Å². The molecule has 6 heteroatoms. The van der Waals surface area contributed by atoms with Gasteiger partial charge in [-0.3, -0.25) is 4.79 Å². The third kappa shape index (κ3) is 8.43. The Balaban J connectivity index is 1.12. The summed E-state index contributed by atoms with van der Waals surface area (Å²) >= 11 is 0. The SMILES string of the molecule is O=C(OCc1ccccc1)N1CCCC(C(=O)N(CCCN2CCC(Cc3ccccc3)CC2)c2ccccc2)C1. The van der Waals surface area contributed by atoms with E-state index < -0.39 is 0 Å². The Morgan fingerprint density at radius 1 is 0.780 bits per heavy atom. The molecular weight excluding hydrogens is 510 g/mol. The molecule has 0 bridgehead atoms. The normalized spacial score (nSPS) is 18.1. The second-order valence-electron chi connectivity index (χ2n) is 11.5. The lowest BCUT2D eigenvalue weighted by Gasteiger charge is -2.35. The molecule has 2 fully saturated rings. The van der Waals surface area contributed by atoms with Gasteiger partial charge < -0.3 is 19.4 Å². The number of likely N-dealkylation sites (tertiary alicyclic amines) is 2. The van der Waals surface area contributed by atoms with Gasteiger partial charge in [0.15, 0.2) is 0 Å². The van der Waals surface area contributed by atoms with Gasteiger partial charge in [0.2, 0.25) is 5.91 Å². The van der Waals surface area contributed by atoms with E-state index in [2.05, 4.69) is 35.2 Å². The van der Waals surface area contributed by atoms with Crippen LogP contribution in [0.3, 0.4) is 0 Å². The van der Waals surface area contributed by atoms with Crippen LogP contribution in [0.2, 0.25) is 0 Å². The first-order valence-corrected chi connectivity index (χ1v) is 15.2. The summed E-state index contributed by atoms with van der Waals surface area (Å²) in [6, 6.07) is 30.5. The number of piperidine rings is 2. The van der Waals surface area contributed by atoms with E-state index in [9.17, 15) is 9.59 Å². The number of anilines is 1. The second-order valence-corrected chi connectivity index (χ2v) is 11.5. The molecule has 2 saturated heterocycles. The first-order chi connectivity index (χ1) is 20.2. The fraction of sp³-hybridized carbons (Fsp3) is 0.429. The van der Waals surface area contributed by atoms with Crippen LogP contribution in [0, 0.1) is 11.8 Å². The minimum absolute atomic E-state index is 0.110. The molecule has 3 aromatic rings. The van der Waals surface area contributed by atoms with Crippen LogP contribution in [0.15, 0.2) is 91.0 Å². The van der Waals surface area contributed by atoms with Crippen molar-refractivity contribution in [3.63, 3.8) is 0 Å². The summed E-state index contributed by atoms with van der Waals surface area (Å²) in [6.07, 6.45) is 5.82. The van der Waals surface area contributed by atoms with E-state index in [1.807, 2.05) is 65.6 Å². The third-order valence-electron chi connectivity index (χ3n) is 8.50. The number of benzene rings is 3. The summed E-state index contributed by atoms with van der Waals surface area (Å²) in [5.74, 6) is 0.643. The highest BCUT2D eigenvalue weighted by Gasteiger charge is 2.32. The molecule has 0 saturated carbocycles. The van der Waals surface area contributed by atoms with Crippen LogP contribution in [-0.2, 0) is 22.6 Å². The Bertz CT molecular complexity index is 1210. The van der Waals surface area contributed by atoms with Gasteiger partial charge in [0.25, 0.3) is 0 Å². The summed E-state index contributed by atoms with van der Waals surface area (Å²) in [4.78, 5) is 32.9. The molecular formula is C35H43N3O3. The molecule has 1 unspecified atom stereocenters. The predicted molar refractivity (Wildman–Crippen MR) is 164 cm³/mol. The summed E-state index contributed by atoms with van der Waals surface area (Å²) < 4.78 is 5.57. The maximum Gasteiger partial charge on any atom is 0.410 e. The van der Waals surface area contributed by atoms with E-state index in [1.165, 1.54) is 24.8 Å². The van der Waals surface area contributed by atoms with Crippen molar-refractivity contribution >= 4 is 17.7 Å². The number of hydrogen-bond acceptors (Lipinski definition) is 4. The van der Waals surface area contributed by atoms with Crippen LogP contribution in [-0.4, -0.2) is 61.1 Å². The summed E-state index contributed by atoms with van der Waals surface area (Å²) in [7, 11) is 0. The van der Waals surface area contributed by atoms with Crippen molar-refractivity contribution in [1.29, 1.82) is 0 Å². The highest BCUT2D eigenvalue weighted by atomic mass is 16.6. The van der Waals surface area contributed by atoms with Crippen LogP contribution >= 0.6 is 0 Å². The zero-order valence-corrected chi connectivity index (χ0v) is 24.1. The minimum atomic E-state index is -0.340. The Labute approximate surface area is 244 Å². The number of nitrogens with zero attached hydrogens (tertiary/aromatic N) is 3. The van der Waals surface area contributed by atoms with Crippen molar-refractivity contribution in [1.82, 2.24) is 9.80 Å². The van der Waals surface area contributed by atoms with Gasteiger partial charge in [-0.05, 0) is 87.3 Å². The quantitative estimate of drug-likeness (QED) is 0.291. The molecule has 0 spiro atoms. The van der Waals surface area contributed by atoms with Gasteiger partial charge >= 0.3 is 6.09 Å². The largest absolute Gasteiger partial charge is 0.445 e. The van der Waals surface area contributed by atoms with Crippen LogP contribution in [0.25, 0.3) is 0 Å². The Kier molecular flexibility index (Phi) is 10.4. The summed E-state index contributed by atoms with van der Waals surface area (Å²) in [5, 5.41) is 0. The van der Waals surface area contributed by atoms with Crippen LogP contribution in [0.5, 0.6) is 0 Å². The minimum Gasteiger partial charge on any atom is -0.445 e. The van der Waals surface area contributed by atoms with Crippen molar-refractivity contribution in [2.75, 3.05) is 44.2 Å². The molecule has 0 N–H and O–H groups in total. The first-order valence-electron chi connectivity index (χ1n) is 15.2. The lowest BCUT2D eigenvalue weighted by Crippen LogP contribution is -2.47. The molecule has 0 radical (unpaired) electrons. The number of ether oxygens (including phenoxy) is 1. The molecule has 2 amide bonds. The fourth-order valence-electron chi connectivity index (χ4n) is 6.16. The molecule has 5 rings (SSSR count). The summed E-state index contributed by atoms with van der Waals surface area (Å²) in [5.41, 5.74) is 3.33. The molecule has 216 valence electrons. The maximum atomic E-state index is 13.9. The van der Waals surface area contributed by atoms with Crippen molar-refractivity contribution in [3.8, 4) is 0 Å². The van der Waals surface area contributed by atoms with Crippen molar-refractivity contribution in [3.05, 3.63) is 102 Å². The number of carbonyl (C=O) groups excluding carboxylic acids is 2. The number of rotatable bonds is 10. The van der Waals surface area contributed by atoms with Crippen molar-refractivity contribution in [2.45, 2.75) is 45.1 Å². The van der Waals surface area contributed by atoms with E-state index >= 15 is 0 Å². The molecule has 3 aromatic carbocycles. The maximum absolute atomic E-state index is 13.9. The molecule has 41 heavy (non-hydrogen) atoms. The van der Waals surface area contributed by atoms with Crippen LogP contribution < -0.4 is 4.90 Å². The van der Waals surface area contributed by atoms with E-state index in [0.717, 1.165) is 56.1 Å². The lowest BCUT2D eigenvalue weighted by atomic mass is 9.90. The number of amides is 2. The highest BCUT2D eigenvalue weighted by molar-refractivity contribution is 5.95. The van der Waals surface area contributed by atoms with Crippen LogP contribution in [0.4, 0.5) is 10.5 Å². The zero-order chi connectivity index (χ0) is 28.3. The molecule has 2 aliphatic rings. The monoisotopic (exact) mass is 553 g/mol. The van der Waals surface area contributed by atoms with Gasteiger partial charge in [-0.15, -0.1) is 0 Å². The Morgan fingerprint density at radius 2 is 1.41 bits per heavy atom. The van der Waals surface area contributed by atoms with E-state index in [4.69, 9.17) is 4.74 Å². The lowest BCUT2D eigenvalue weighted by molar-refractivity contribution is -0.123. The Morgan fingerprint density at radius 3 is 2.10 bits per heavy atom. The third-order valence-corrected chi connectivity index (χ3v) is 8.50. The molecule has 0 aromatic heterocycles. The number of hydrogen-bond donors (Lipinski definition) is 0. The predicted octanol–water partition coefficient (Wildman–Crippen LogP) is 6.41. The van der Waals surface area contributed by atoms with Gasteiger partial charge in [-0.1, -0.05) is 78.9 Å². The highest BCUT2D eigenvalue weighted by Crippen LogP contribution is 2.25. The van der Waals surface area contributed by atoms with E-state index in [1.54, 1.807) is 4.90 Å². The van der Waals surface area contributed by atoms with E-state index in [0.29, 0.717) is 19.6 Å². The Hall–Kier alpha value is -3.64. The van der Waals surface area contributed by atoms with Gasteiger partial charge in [0.1, 0.15) is 6.61 Å².